The lowest BCUT2D eigenvalue weighted by molar-refractivity contribution is 0.0672. The molecule has 0 radical (unpaired) electrons. The number of carbonyl (C=O) groups is 1. The van der Waals surface area contributed by atoms with Crippen molar-refractivity contribution in [1.82, 2.24) is 15.0 Å². The van der Waals surface area contributed by atoms with Crippen LogP contribution in [0.1, 0.15) is 72.2 Å². The van der Waals surface area contributed by atoms with Crippen molar-refractivity contribution in [3.05, 3.63) is 65.2 Å². The van der Waals surface area contributed by atoms with Crippen LogP contribution in [0.4, 0.5) is 0 Å². The number of nitrogens with zero attached hydrogens (tertiary/aromatic N) is 3. The minimum atomic E-state index is -0.212. The van der Waals surface area contributed by atoms with Gasteiger partial charge in [0.2, 0.25) is 5.89 Å². The highest BCUT2D eigenvalue weighted by Gasteiger charge is 2.36. The summed E-state index contributed by atoms with van der Waals surface area (Å²) < 4.78 is 17.0. The van der Waals surface area contributed by atoms with Crippen LogP contribution in [0.25, 0.3) is 0 Å². The lowest BCUT2D eigenvalue weighted by atomic mass is 10.2. The summed E-state index contributed by atoms with van der Waals surface area (Å²) in [6, 6.07) is 11.2. The average molecular weight is 395 g/mol. The lowest BCUT2D eigenvalue weighted by Gasteiger charge is -2.21. The number of ether oxygens (including phenoxy) is 1. The van der Waals surface area contributed by atoms with Crippen molar-refractivity contribution in [2.45, 2.75) is 52.2 Å². The first kappa shape index (κ1) is 19.2. The van der Waals surface area contributed by atoms with E-state index in [1.165, 1.54) is 0 Å². The zero-order valence-electron chi connectivity index (χ0n) is 16.9. The summed E-state index contributed by atoms with van der Waals surface area (Å²) >= 11 is 0. The van der Waals surface area contributed by atoms with Crippen LogP contribution in [-0.2, 0) is 6.61 Å². The Morgan fingerprint density at radius 2 is 2.10 bits per heavy atom. The minimum Gasteiger partial charge on any atom is -0.486 e. The molecule has 3 aromatic rings. The maximum Gasteiger partial charge on any atom is 0.290 e. The monoisotopic (exact) mass is 395 g/mol. The van der Waals surface area contributed by atoms with Crippen molar-refractivity contribution >= 4 is 5.91 Å². The largest absolute Gasteiger partial charge is 0.486 e. The summed E-state index contributed by atoms with van der Waals surface area (Å²) in [4.78, 5) is 19.4. The molecule has 1 aromatic carbocycles. The van der Waals surface area contributed by atoms with E-state index in [0.29, 0.717) is 29.8 Å². The van der Waals surface area contributed by atoms with Crippen molar-refractivity contribution in [3.8, 4) is 5.75 Å². The van der Waals surface area contributed by atoms with Crippen LogP contribution in [0.2, 0.25) is 0 Å². The van der Waals surface area contributed by atoms with E-state index in [1.807, 2.05) is 57.2 Å². The topological polar surface area (TPSA) is 81.6 Å². The van der Waals surface area contributed by atoms with Crippen LogP contribution in [0, 0.1) is 6.92 Å². The molecule has 1 amide bonds. The Morgan fingerprint density at radius 3 is 2.83 bits per heavy atom. The Morgan fingerprint density at radius 1 is 1.31 bits per heavy atom. The van der Waals surface area contributed by atoms with Crippen LogP contribution in [0.5, 0.6) is 5.75 Å². The Hall–Kier alpha value is -3.09. The second kappa shape index (κ2) is 8.11. The van der Waals surface area contributed by atoms with Crippen molar-refractivity contribution in [2.24, 2.45) is 0 Å². The average Bonchev–Trinajstić information content (AvgIpc) is 3.45. The molecule has 0 N–H and O–H groups in total. The van der Waals surface area contributed by atoms with Gasteiger partial charge < -0.3 is 18.6 Å². The number of hydrogen-bond donors (Lipinski definition) is 0. The SMILES string of the molecule is Cc1cc(COc2ccccc2)oc1C(=O)N1CCC[C@H]1c1nc(C(C)C)no1. The smallest absolute Gasteiger partial charge is 0.290 e. The van der Waals surface area contributed by atoms with Gasteiger partial charge in [-0.2, -0.15) is 4.98 Å². The molecule has 29 heavy (non-hydrogen) atoms. The molecular formula is C22H25N3O4. The maximum absolute atomic E-state index is 13.2. The molecule has 1 atom stereocenters. The zero-order valence-corrected chi connectivity index (χ0v) is 16.9. The summed E-state index contributed by atoms with van der Waals surface area (Å²) in [5.41, 5.74) is 0.792. The number of para-hydroxylation sites is 1. The molecule has 4 rings (SSSR count). The third-order valence-corrected chi connectivity index (χ3v) is 5.06. The van der Waals surface area contributed by atoms with Gasteiger partial charge in [0, 0.05) is 18.0 Å². The molecule has 152 valence electrons. The number of amides is 1. The van der Waals surface area contributed by atoms with Gasteiger partial charge in [0.25, 0.3) is 5.91 Å². The van der Waals surface area contributed by atoms with Crippen molar-refractivity contribution in [3.63, 3.8) is 0 Å². The Bertz CT molecular complexity index is 977. The highest BCUT2D eigenvalue weighted by atomic mass is 16.5. The quantitative estimate of drug-likeness (QED) is 0.604. The second-order valence-electron chi connectivity index (χ2n) is 7.63. The first-order chi connectivity index (χ1) is 14.0. The molecule has 0 spiro atoms. The van der Waals surface area contributed by atoms with E-state index >= 15 is 0 Å². The molecule has 0 bridgehead atoms. The van der Waals surface area contributed by atoms with Gasteiger partial charge in [-0.3, -0.25) is 4.79 Å². The number of rotatable bonds is 6. The van der Waals surface area contributed by atoms with Crippen LogP contribution in [-0.4, -0.2) is 27.5 Å². The van der Waals surface area contributed by atoms with Gasteiger partial charge in [-0.15, -0.1) is 0 Å². The molecule has 7 nitrogen and oxygen atoms in total. The molecule has 3 heterocycles. The van der Waals surface area contributed by atoms with E-state index < -0.39 is 0 Å². The number of hydrogen-bond acceptors (Lipinski definition) is 6. The van der Waals surface area contributed by atoms with Gasteiger partial charge in [-0.1, -0.05) is 37.2 Å². The van der Waals surface area contributed by atoms with E-state index in [-0.39, 0.29) is 24.5 Å². The molecule has 1 aliphatic rings. The third-order valence-electron chi connectivity index (χ3n) is 5.06. The summed E-state index contributed by atoms with van der Waals surface area (Å²) in [7, 11) is 0. The van der Waals surface area contributed by atoms with E-state index in [2.05, 4.69) is 10.1 Å². The summed E-state index contributed by atoms with van der Waals surface area (Å²) in [5.74, 6) is 2.90. The summed E-state index contributed by atoms with van der Waals surface area (Å²) in [6.45, 7) is 6.80. The molecule has 1 saturated heterocycles. The van der Waals surface area contributed by atoms with Crippen LogP contribution >= 0.6 is 0 Å². The van der Waals surface area contributed by atoms with E-state index in [1.54, 1.807) is 4.90 Å². The Labute approximate surface area is 169 Å². The predicted octanol–water partition coefficient (Wildman–Crippen LogP) is 4.65. The summed E-state index contributed by atoms with van der Waals surface area (Å²) in [6.07, 6.45) is 1.69. The van der Waals surface area contributed by atoms with Crippen LogP contribution < -0.4 is 4.74 Å². The maximum atomic E-state index is 13.2. The van der Waals surface area contributed by atoms with Crippen molar-refractivity contribution in [1.29, 1.82) is 0 Å². The number of furan rings is 1. The Balaban J connectivity index is 1.48. The lowest BCUT2D eigenvalue weighted by Crippen LogP contribution is -2.31. The van der Waals surface area contributed by atoms with Crippen LogP contribution in [0.3, 0.4) is 0 Å². The van der Waals surface area contributed by atoms with E-state index in [0.717, 1.165) is 24.2 Å². The normalized spacial score (nSPS) is 16.6. The molecule has 2 aromatic heterocycles. The van der Waals surface area contributed by atoms with Crippen molar-refractivity contribution < 1.29 is 18.5 Å². The minimum absolute atomic E-state index is 0.153. The van der Waals surface area contributed by atoms with E-state index in [4.69, 9.17) is 13.7 Å². The molecule has 0 unspecified atom stereocenters. The number of benzene rings is 1. The summed E-state index contributed by atoms with van der Waals surface area (Å²) in [5, 5.41) is 4.04. The number of likely N-dealkylation sites (tertiary alicyclic amines) is 1. The highest BCUT2D eigenvalue weighted by molar-refractivity contribution is 5.93. The Kier molecular flexibility index (Phi) is 5.38. The fourth-order valence-electron chi connectivity index (χ4n) is 3.52. The molecule has 0 saturated carbocycles. The first-order valence-corrected chi connectivity index (χ1v) is 9.94. The van der Waals surface area contributed by atoms with Gasteiger partial charge in [-0.05, 0) is 38.0 Å². The van der Waals surface area contributed by atoms with Gasteiger partial charge in [0.05, 0.1) is 0 Å². The zero-order chi connectivity index (χ0) is 20.4. The molecular weight excluding hydrogens is 370 g/mol. The third kappa shape index (κ3) is 4.04. The molecule has 0 aliphatic carbocycles. The number of carbonyl (C=O) groups excluding carboxylic acids is 1. The van der Waals surface area contributed by atoms with Gasteiger partial charge in [0.15, 0.2) is 11.6 Å². The van der Waals surface area contributed by atoms with Gasteiger partial charge >= 0.3 is 0 Å². The van der Waals surface area contributed by atoms with Gasteiger partial charge in [-0.25, -0.2) is 0 Å². The first-order valence-electron chi connectivity index (χ1n) is 9.94. The fraction of sp³-hybridized carbons (Fsp3) is 0.409. The van der Waals surface area contributed by atoms with Gasteiger partial charge in [0.1, 0.15) is 24.2 Å². The molecule has 1 fully saturated rings. The predicted molar refractivity (Wildman–Crippen MR) is 106 cm³/mol. The molecule has 1 aliphatic heterocycles. The highest BCUT2D eigenvalue weighted by Crippen LogP contribution is 2.33. The number of aromatic nitrogens is 2. The molecule has 7 heteroatoms. The van der Waals surface area contributed by atoms with Crippen molar-refractivity contribution in [2.75, 3.05) is 6.54 Å². The fourth-order valence-corrected chi connectivity index (χ4v) is 3.52. The second-order valence-corrected chi connectivity index (χ2v) is 7.63. The van der Waals surface area contributed by atoms with Crippen LogP contribution in [0.15, 0.2) is 45.3 Å². The number of aryl methyl sites for hydroxylation is 1. The standard InChI is InChI=1S/C22H25N3O4/c1-14(2)20-23-21(29-24-20)18-10-7-11-25(18)22(26)19-15(3)12-17(28-19)13-27-16-8-5-4-6-9-16/h4-6,8-9,12,14,18H,7,10-11,13H2,1-3H3/t18-/m0/s1. The van der Waals surface area contributed by atoms with E-state index in [9.17, 15) is 4.79 Å².